The number of rotatable bonds is 6. The molecule has 0 aliphatic rings. The van der Waals surface area contributed by atoms with Gasteiger partial charge in [0.1, 0.15) is 11.2 Å². The number of hydrogen-bond donors (Lipinski definition) is 0. The summed E-state index contributed by atoms with van der Waals surface area (Å²) in [5, 5.41) is 12.7. The number of furan rings is 1. The van der Waals surface area contributed by atoms with Gasteiger partial charge in [0, 0.05) is 43.7 Å². The smallest absolute Gasteiger partial charge is 0.180 e. The first-order chi connectivity index (χ1) is 28.8. The summed E-state index contributed by atoms with van der Waals surface area (Å²) in [5.74, 6) is 0. The van der Waals surface area contributed by atoms with Gasteiger partial charge < -0.3 is 13.6 Å². The molecule has 0 unspecified atom stereocenters. The topological polar surface area (TPSA) is 23.0 Å². The van der Waals surface area contributed by atoms with Gasteiger partial charge in [0.05, 0.1) is 22.1 Å². The van der Waals surface area contributed by atoms with Crippen LogP contribution in [0.4, 0.5) is 0 Å². The Morgan fingerprint density at radius 2 is 0.810 bits per heavy atom. The lowest BCUT2D eigenvalue weighted by atomic mass is 10.1. The van der Waals surface area contributed by atoms with E-state index in [0.29, 0.717) is 0 Å². The van der Waals surface area contributed by atoms with E-state index < -0.39 is 8.07 Å². The Labute approximate surface area is 336 Å². The van der Waals surface area contributed by atoms with Crippen LogP contribution in [0.3, 0.4) is 0 Å². The molecule has 4 heteroatoms. The maximum absolute atomic E-state index is 6.43. The molecule has 0 atom stereocenters. The fourth-order valence-electron chi connectivity index (χ4n) is 9.96. The number of nitrogens with zero attached hydrogens (tertiary/aromatic N) is 2. The summed E-state index contributed by atoms with van der Waals surface area (Å²) < 4.78 is 11.3. The van der Waals surface area contributed by atoms with Crippen LogP contribution in [0.15, 0.2) is 223 Å². The number of benzene rings is 9. The second kappa shape index (κ2) is 12.8. The van der Waals surface area contributed by atoms with Crippen molar-refractivity contribution in [3.63, 3.8) is 0 Å². The third-order valence-electron chi connectivity index (χ3n) is 12.2. The normalized spacial score (nSPS) is 12.1. The van der Waals surface area contributed by atoms with E-state index >= 15 is 0 Å². The Hall–Kier alpha value is -7.40. The molecular weight excluding hydrogens is 721 g/mol. The monoisotopic (exact) mass is 756 g/mol. The van der Waals surface area contributed by atoms with Crippen LogP contribution in [-0.4, -0.2) is 17.2 Å². The molecule has 0 N–H and O–H groups in total. The van der Waals surface area contributed by atoms with Crippen LogP contribution in [0, 0.1) is 0 Å². The molecule has 0 bridgehead atoms. The zero-order valence-corrected chi connectivity index (χ0v) is 32.6. The van der Waals surface area contributed by atoms with Crippen molar-refractivity contribution < 1.29 is 4.42 Å². The molecule has 0 radical (unpaired) electrons. The number of aromatic nitrogens is 2. The SMILES string of the molecule is c1ccc(-n2c3ccccc3c3c([Si](c4ccccc4)(c4ccccc4)c4cccc(-n5c6ccccc6c6c7c(ccc65)oc5ccccc57)c4)cccc32)cc1. The second-order valence-corrected chi connectivity index (χ2v) is 19.0. The predicted molar refractivity (Wildman–Crippen MR) is 246 cm³/mol. The van der Waals surface area contributed by atoms with Crippen molar-refractivity contribution in [2.24, 2.45) is 0 Å². The Morgan fingerprint density at radius 1 is 0.310 bits per heavy atom. The zero-order chi connectivity index (χ0) is 38.2. The Balaban J connectivity index is 1.21. The summed E-state index contributed by atoms with van der Waals surface area (Å²) >= 11 is 0. The first-order valence-electron chi connectivity index (χ1n) is 19.9. The Morgan fingerprint density at radius 3 is 1.52 bits per heavy atom. The van der Waals surface area contributed by atoms with Crippen molar-refractivity contribution in [3.8, 4) is 11.4 Å². The standard InChI is InChI=1S/C54H36N2OSi/c1-4-18-37(19-5-1)55-45-29-13-10-26-42(45)52-47(55)31-17-33-51(52)58(39-21-6-2-7-22-39,40-23-8-3-9-24-40)41-25-16-20-38(36-41)56-46-30-14-11-27-43(46)53-48(56)34-35-50-54(53)44-28-12-15-32-49(44)57-50/h1-36H. The van der Waals surface area contributed by atoms with Crippen molar-refractivity contribution >= 4 is 94.4 Å². The lowest BCUT2D eigenvalue weighted by molar-refractivity contribution is 0.669. The second-order valence-electron chi connectivity index (χ2n) is 15.2. The van der Waals surface area contributed by atoms with E-state index in [2.05, 4.69) is 221 Å². The van der Waals surface area contributed by atoms with Gasteiger partial charge in [0.2, 0.25) is 0 Å². The van der Waals surface area contributed by atoms with Crippen LogP contribution in [-0.2, 0) is 0 Å². The summed E-state index contributed by atoms with van der Waals surface area (Å²) in [6.07, 6.45) is 0. The molecule has 0 aliphatic heterocycles. The van der Waals surface area contributed by atoms with E-state index in [0.717, 1.165) is 38.8 Å². The molecule has 0 spiro atoms. The number of fused-ring (bicyclic) bond motifs is 10. The van der Waals surface area contributed by atoms with Crippen molar-refractivity contribution in [1.82, 2.24) is 9.13 Å². The summed E-state index contributed by atoms with van der Waals surface area (Å²) in [6, 6.07) is 80.4. The third kappa shape index (κ3) is 4.61. The van der Waals surface area contributed by atoms with Crippen LogP contribution in [0.25, 0.3) is 76.9 Å². The fourth-order valence-corrected chi connectivity index (χ4v) is 15.0. The van der Waals surface area contributed by atoms with Gasteiger partial charge >= 0.3 is 0 Å². The van der Waals surface area contributed by atoms with E-state index in [1.165, 1.54) is 58.8 Å². The average Bonchev–Trinajstić information content (AvgIpc) is 3.96. The predicted octanol–water partition coefficient (Wildman–Crippen LogP) is 11.2. The van der Waals surface area contributed by atoms with Gasteiger partial charge in [-0.05, 0) is 81.4 Å². The van der Waals surface area contributed by atoms with Crippen molar-refractivity contribution in [2.75, 3.05) is 0 Å². The highest BCUT2D eigenvalue weighted by Gasteiger charge is 2.43. The third-order valence-corrected chi connectivity index (χ3v) is 17.0. The van der Waals surface area contributed by atoms with Crippen LogP contribution in [0.5, 0.6) is 0 Å². The summed E-state index contributed by atoms with van der Waals surface area (Å²) in [4.78, 5) is 0. The van der Waals surface area contributed by atoms with Gasteiger partial charge in [0.15, 0.2) is 8.07 Å². The van der Waals surface area contributed by atoms with E-state index in [9.17, 15) is 0 Å². The highest BCUT2D eigenvalue weighted by atomic mass is 28.3. The molecule has 0 saturated carbocycles. The molecule has 3 nitrogen and oxygen atoms in total. The van der Waals surface area contributed by atoms with E-state index in [1.807, 2.05) is 6.07 Å². The maximum atomic E-state index is 6.43. The zero-order valence-electron chi connectivity index (χ0n) is 31.6. The van der Waals surface area contributed by atoms with Crippen molar-refractivity contribution in [2.45, 2.75) is 0 Å². The molecule has 58 heavy (non-hydrogen) atoms. The lowest BCUT2D eigenvalue weighted by Crippen LogP contribution is -2.74. The maximum Gasteiger partial charge on any atom is 0.180 e. The molecule has 3 aromatic heterocycles. The largest absolute Gasteiger partial charge is 0.456 e. The van der Waals surface area contributed by atoms with Gasteiger partial charge in [-0.3, -0.25) is 0 Å². The lowest BCUT2D eigenvalue weighted by Gasteiger charge is -2.35. The van der Waals surface area contributed by atoms with Crippen molar-refractivity contribution in [1.29, 1.82) is 0 Å². The Bertz CT molecular complexity index is 3470. The minimum absolute atomic E-state index is 0.910. The minimum atomic E-state index is -3.06. The van der Waals surface area contributed by atoms with Crippen LogP contribution < -0.4 is 20.7 Å². The molecule has 12 rings (SSSR count). The molecule has 0 fully saturated rings. The molecule has 3 heterocycles. The summed E-state index contributed by atoms with van der Waals surface area (Å²) in [7, 11) is -3.06. The molecule has 0 aliphatic carbocycles. The van der Waals surface area contributed by atoms with E-state index in [1.54, 1.807) is 0 Å². The van der Waals surface area contributed by atoms with Crippen molar-refractivity contribution in [3.05, 3.63) is 218 Å². The van der Waals surface area contributed by atoms with Gasteiger partial charge in [-0.25, -0.2) is 0 Å². The van der Waals surface area contributed by atoms with Crippen LogP contribution in [0.1, 0.15) is 0 Å². The molecule has 0 saturated heterocycles. The van der Waals surface area contributed by atoms with Gasteiger partial charge in [-0.15, -0.1) is 0 Å². The highest BCUT2D eigenvalue weighted by molar-refractivity contribution is 7.20. The van der Waals surface area contributed by atoms with Gasteiger partial charge in [-0.2, -0.15) is 0 Å². The minimum Gasteiger partial charge on any atom is -0.456 e. The quantitative estimate of drug-likeness (QED) is 0.122. The first-order valence-corrected chi connectivity index (χ1v) is 21.9. The summed E-state index contributed by atoms with van der Waals surface area (Å²) in [6.45, 7) is 0. The molecule has 12 aromatic rings. The van der Waals surface area contributed by atoms with E-state index in [-0.39, 0.29) is 0 Å². The average molecular weight is 757 g/mol. The van der Waals surface area contributed by atoms with E-state index in [4.69, 9.17) is 4.42 Å². The highest BCUT2D eigenvalue weighted by Crippen LogP contribution is 2.41. The number of para-hydroxylation sites is 4. The Kier molecular flexibility index (Phi) is 7.25. The molecular formula is C54H36N2OSi. The fraction of sp³-hybridized carbons (Fsp3) is 0. The molecule has 9 aromatic carbocycles. The van der Waals surface area contributed by atoms with Crippen LogP contribution >= 0.6 is 0 Å². The number of hydrogen-bond acceptors (Lipinski definition) is 1. The van der Waals surface area contributed by atoms with Crippen LogP contribution in [0.2, 0.25) is 0 Å². The molecule has 0 amide bonds. The summed E-state index contributed by atoms with van der Waals surface area (Å²) in [5.41, 5.74) is 8.87. The first kappa shape index (κ1) is 32.8. The van der Waals surface area contributed by atoms with Gasteiger partial charge in [-0.1, -0.05) is 158 Å². The molecule has 272 valence electrons. The van der Waals surface area contributed by atoms with Gasteiger partial charge in [0.25, 0.3) is 0 Å².